The van der Waals surface area contributed by atoms with Crippen LogP contribution in [0, 0.1) is 6.92 Å². The normalized spacial score (nSPS) is 19.3. The number of carboxylic acid groups (broad SMARTS) is 2. The Morgan fingerprint density at radius 3 is 2.48 bits per heavy atom. The summed E-state index contributed by atoms with van der Waals surface area (Å²) in [6.45, 7) is 3.22. The summed E-state index contributed by atoms with van der Waals surface area (Å²) in [6.07, 6.45) is 3.70. The molecular weight excluding hydrogens is 366 g/mol. The van der Waals surface area contributed by atoms with Gasteiger partial charge in [0.2, 0.25) is 0 Å². The second kappa shape index (κ2) is 7.70. The summed E-state index contributed by atoms with van der Waals surface area (Å²) >= 11 is 1.81. The lowest BCUT2D eigenvalue weighted by atomic mass is 9.80. The van der Waals surface area contributed by atoms with Gasteiger partial charge in [-0.25, -0.2) is 9.59 Å². The zero-order valence-electron chi connectivity index (χ0n) is 15.3. The molecule has 144 valence electrons. The molecule has 4 rings (SSSR count). The van der Waals surface area contributed by atoms with Crippen molar-refractivity contribution in [3.63, 3.8) is 0 Å². The van der Waals surface area contributed by atoms with Gasteiger partial charge in [-0.3, -0.25) is 0 Å². The molecule has 1 fully saturated rings. The maximum absolute atomic E-state index is 9.10. The van der Waals surface area contributed by atoms with Crippen molar-refractivity contribution in [2.75, 3.05) is 13.7 Å². The molecule has 1 saturated carbocycles. The number of carboxylic acids is 2. The van der Waals surface area contributed by atoms with Gasteiger partial charge in [0.05, 0.1) is 7.11 Å². The fraction of sp³-hybridized carbons (Fsp3) is 0.400. The Kier molecular flexibility index (Phi) is 5.53. The molecular formula is C20H23NO5S. The Morgan fingerprint density at radius 1 is 1.26 bits per heavy atom. The smallest absolute Gasteiger partial charge is 0.414 e. The first-order valence-corrected chi connectivity index (χ1v) is 9.73. The third-order valence-electron chi connectivity index (χ3n) is 5.33. The standard InChI is InChI=1S/C18H21NOS.C2H2O4/c1-12-9-13-3-7-19-17(15(13)10-16(12)20-2)18(5-6-18)14-4-8-21-11-14;3-1(4)2(5)6/h4,8-11,17,19H,3,5-7H2,1-2H3;(H,3,4)(H,5,6). The number of carbonyl (C=O) groups is 2. The Bertz CT molecular complexity index is 830. The van der Waals surface area contributed by atoms with Gasteiger partial charge in [0.25, 0.3) is 0 Å². The molecule has 3 N–H and O–H groups in total. The fourth-order valence-electron chi connectivity index (χ4n) is 3.85. The average molecular weight is 389 g/mol. The molecule has 0 saturated heterocycles. The Balaban J connectivity index is 0.000000307. The zero-order chi connectivity index (χ0) is 19.6. The van der Waals surface area contributed by atoms with E-state index in [1.807, 2.05) is 11.3 Å². The monoisotopic (exact) mass is 389 g/mol. The predicted octanol–water partition coefficient (Wildman–Crippen LogP) is 3.14. The van der Waals surface area contributed by atoms with Crippen LogP contribution in [-0.2, 0) is 21.4 Å². The maximum atomic E-state index is 9.10. The molecule has 0 bridgehead atoms. The first-order chi connectivity index (χ1) is 12.9. The van der Waals surface area contributed by atoms with Crippen LogP contribution >= 0.6 is 11.3 Å². The molecule has 2 heterocycles. The molecule has 1 aliphatic heterocycles. The number of benzene rings is 1. The van der Waals surface area contributed by atoms with E-state index in [2.05, 4.69) is 41.2 Å². The topological polar surface area (TPSA) is 95.9 Å². The van der Waals surface area contributed by atoms with E-state index >= 15 is 0 Å². The molecule has 2 aromatic rings. The van der Waals surface area contributed by atoms with Gasteiger partial charge in [-0.05, 0) is 77.9 Å². The quantitative estimate of drug-likeness (QED) is 0.698. The largest absolute Gasteiger partial charge is 0.496 e. The number of rotatable bonds is 3. The van der Waals surface area contributed by atoms with Crippen LogP contribution in [0.1, 0.15) is 41.1 Å². The lowest BCUT2D eigenvalue weighted by molar-refractivity contribution is -0.159. The van der Waals surface area contributed by atoms with Gasteiger partial charge in [-0.15, -0.1) is 0 Å². The number of hydrogen-bond acceptors (Lipinski definition) is 5. The molecule has 1 aromatic heterocycles. The predicted molar refractivity (Wildman–Crippen MR) is 103 cm³/mol. The minimum atomic E-state index is -1.82. The number of nitrogens with one attached hydrogen (secondary N) is 1. The van der Waals surface area contributed by atoms with Gasteiger partial charge < -0.3 is 20.3 Å². The highest BCUT2D eigenvalue weighted by atomic mass is 32.1. The maximum Gasteiger partial charge on any atom is 0.414 e. The minimum absolute atomic E-state index is 0.315. The second-order valence-corrected chi connectivity index (χ2v) is 7.72. The van der Waals surface area contributed by atoms with E-state index in [0.29, 0.717) is 11.5 Å². The SMILES string of the molecule is COc1cc2c(cc1C)CCNC2C1(c2ccsc2)CC1.O=C(O)C(=O)O. The lowest BCUT2D eigenvalue weighted by Gasteiger charge is -2.34. The van der Waals surface area contributed by atoms with Crippen LogP contribution in [0.25, 0.3) is 0 Å². The number of ether oxygens (including phenoxy) is 1. The molecule has 7 heteroatoms. The molecule has 2 aliphatic rings. The van der Waals surface area contributed by atoms with Crippen LogP contribution in [0.15, 0.2) is 29.0 Å². The number of aryl methyl sites for hydroxylation is 1. The van der Waals surface area contributed by atoms with Crippen molar-refractivity contribution < 1.29 is 24.5 Å². The van der Waals surface area contributed by atoms with Crippen molar-refractivity contribution in [3.8, 4) is 5.75 Å². The van der Waals surface area contributed by atoms with Crippen molar-refractivity contribution in [2.45, 2.75) is 37.6 Å². The summed E-state index contributed by atoms with van der Waals surface area (Å²) in [5, 5.41) is 23.1. The van der Waals surface area contributed by atoms with Crippen molar-refractivity contribution in [1.82, 2.24) is 5.32 Å². The number of fused-ring (bicyclic) bond motifs is 1. The van der Waals surface area contributed by atoms with Gasteiger partial charge in [0.15, 0.2) is 0 Å². The van der Waals surface area contributed by atoms with E-state index in [0.717, 1.165) is 18.7 Å². The van der Waals surface area contributed by atoms with Crippen molar-refractivity contribution in [3.05, 3.63) is 51.2 Å². The summed E-state index contributed by atoms with van der Waals surface area (Å²) in [5.41, 5.74) is 6.02. The van der Waals surface area contributed by atoms with Gasteiger partial charge in [-0.2, -0.15) is 11.3 Å². The van der Waals surface area contributed by atoms with Crippen molar-refractivity contribution >= 4 is 23.3 Å². The molecule has 0 spiro atoms. The molecule has 27 heavy (non-hydrogen) atoms. The summed E-state index contributed by atoms with van der Waals surface area (Å²) in [6, 6.07) is 7.34. The summed E-state index contributed by atoms with van der Waals surface area (Å²) in [7, 11) is 1.77. The van der Waals surface area contributed by atoms with Crippen LogP contribution in [-0.4, -0.2) is 35.8 Å². The van der Waals surface area contributed by atoms with E-state index in [1.54, 1.807) is 7.11 Å². The Morgan fingerprint density at radius 2 is 1.96 bits per heavy atom. The van der Waals surface area contributed by atoms with E-state index in [1.165, 1.54) is 35.1 Å². The first kappa shape index (κ1) is 19.4. The summed E-state index contributed by atoms with van der Waals surface area (Å²) < 4.78 is 5.56. The highest BCUT2D eigenvalue weighted by molar-refractivity contribution is 7.08. The third kappa shape index (κ3) is 3.84. The number of thiophene rings is 1. The van der Waals surface area contributed by atoms with Crippen molar-refractivity contribution in [2.24, 2.45) is 0 Å². The second-order valence-electron chi connectivity index (χ2n) is 6.94. The van der Waals surface area contributed by atoms with Crippen molar-refractivity contribution in [1.29, 1.82) is 0 Å². The van der Waals surface area contributed by atoms with Crippen LogP contribution in [0.4, 0.5) is 0 Å². The summed E-state index contributed by atoms with van der Waals surface area (Å²) in [5.74, 6) is -2.63. The first-order valence-electron chi connectivity index (χ1n) is 8.78. The fourth-order valence-corrected chi connectivity index (χ4v) is 4.61. The van der Waals surface area contributed by atoms with Gasteiger partial charge in [0.1, 0.15) is 5.75 Å². The molecule has 1 unspecified atom stereocenters. The van der Waals surface area contributed by atoms with E-state index in [-0.39, 0.29) is 0 Å². The molecule has 0 amide bonds. The molecule has 0 radical (unpaired) electrons. The Labute approximate surface area is 161 Å². The van der Waals surface area contributed by atoms with Gasteiger partial charge >= 0.3 is 11.9 Å². The zero-order valence-corrected chi connectivity index (χ0v) is 16.1. The molecule has 1 aliphatic carbocycles. The number of aliphatic carboxylic acids is 2. The average Bonchev–Trinajstić information content (AvgIpc) is 3.26. The van der Waals surface area contributed by atoms with Crippen LogP contribution in [0.2, 0.25) is 0 Å². The van der Waals surface area contributed by atoms with E-state index in [4.69, 9.17) is 24.5 Å². The van der Waals surface area contributed by atoms with E-state index in [9.17, 15) is 0 Å². The highest BCUT2D eigenvalue weighted by Gasteiger charge is 2.52. The molecule has 1 aromatic carbocycles. The molecule has 6 nitrogen and oxygen atoms in total. The van der Waals surface area contributed by atoms with Gasteiger partial charge in [0, 0.05) is 11.5 Å². The molecule has 1 atom stereocenters. The minimum Gasteiger partial charge on any atom is -0.496 e. The van der Waals surface area contributed by atoms with Gasteiger partial charge in [-0.1, -0.05) is 6.07 Å². The number of hydrogen-bond donors (Lipinski definition) is 3. The summed E-state index contributed by atoms with van der Waals surface area (Å²) in [4.78, 5) is 18.2. The number of methoxy groups -OCH3 is 1. The Hall–Kier alpha value is -2.38. The van der Waals surface area contributed by atoms with Crippen LogP contribution < -0.4 is 10.1 Å². The third-order valence-corrected chi connectivity index (χ3v) is 6.01. The highest BCUT2D eigenvalue weighted by Crippen LogP contribution is 2.58. The van der Waals surface area contributed by atoms with Crippen LogP contribution in [0.5, 0.6) is 5.75 Å². The van der Waals surface area contributed by atoms with Crippen LogP contribution in [0.3, 0.4) is 0 Å². The van der Waals surface area contributed by atoms with E-state index < -0.39 is 11.9 Å². The lowest BCUT2D eigenvalue weighted by Crippen LogP contribution is -2.37.